The standard InChI is InChI=1S/C14H21N3O2S2/c1-14(2,3)15-9-10-12(20-7-5-11(18)19-4)16-13-17(10)6-8-21-13/h6,8,15H,5,7,9H2,1-4H3. The summed E-state index contributed by atoms with van der Waals surface area (Å²) < 4.78 is 6.78. The first-order chi connectivity index (χ1) is 9.90. The van der Waals surface area contributed by atoms with Gasteiger partial charge in [0.15, 0.2) is 4.96 Å². The van der Waals surface area contributed by atoms with Crippen molar-refractivity contribution in [2.75, 3.05) is 12.9 Å². The van der Waals surface area contributed by atoms with E-state index in [9.17, 15) is 4.79 Å². The molecule has 2 aromatic rings. The number of ether oxygens (including phenoxy) is 1. The molecule has 0 aliphatic carbocycles. The Bertz CT molecular complexity index is 613. The molecule has 0 radical (unpaired) electrons. The molecule has 0 saturated heterocycles. The molecule has 7 heteroatoms. The van der Waals surface area contributed by atoms with Gasteiger partial charge in [0, 0.05) is 29.4 Å². The minimum atomic E-state index is -0.183. The minimum absolute atomic E-state index is 0.0497. The van der Waals surface area contributed by atoms with Crippen LogP contribution in [0.1, 0.15) is 32.9 Å². The van der Waals surface area contributed by atoms with Crippen molar-refractivity contribution in [1.29, 1.82) is 0 Å². The second kappa shape index (κ2) is 6.81. The SMILES string of the molecule is COC(=O)CCSc1nc2sccn2c1CNC(C)(C)C. The van der Waals surface area contributed by atoms with E-state index in [1.807, 2.05) is 11.6 Å². The Balaban J connectivity index is 2.10. The zero-order valence-corrected chi connectivity index (χ0v) is 14.4. The number of nitrogens with one attached hydrogen (secondary N) is 1. The van der Waals surface area contributed by atoms with E-state index in [0.29, 0.717) is 12.2 Å². The maximum Gasteiger partial charge on any atom is 0.306 e. The molecule has 0 fully saturated rings. The van der Waals surface area contributed by atoms with Gasteiger partial charge in [0.2, 0.25) is 0 Å². The maximum atomic E-state index is 11.2. The van der Waals surface area contributed by atoms with Crippen molar-refractivity contribution >= 4 is 34.0 Å². The predicted octanol–water partition coefficient (Wildman–Crippen LogP) is 2.94. The molecule has 0 aliphatic rings. The number of methoxy groups -OCH3 is 1. The molecule has 0 aromatic carbocycles. The van der Waals surface area contributed by atoms with Crippen LogP contribution in [-0.4, -0.2) is 33.8 Å². The topological polar surface area (TPSA) is 55.6 Å². The third-order valence-corrected chi connectivity index (χ3v) is 4.65. The van der Waals surface area contributed by atoms with Crippen molar-refractivity contribution in [1.82, 2.24) is 14.7 Å². The summed E-state index contributed by atoms with van der Waals surface area (Å²) in [5.74, 6) is 0.498. The van der Waals surface area contributed by atoms with Crippen LogP contribution in [0, 0.1) is 0 Å². The van der Waals surface area contributed by atoms with Crippen LogP contribution in [0.5, 0.6) is 0 Å². The fraction of sp³-hybridized carbons (Fsp3) is 0.571. The van der Waals surface area contributed by atoms with E-state index in [1.54, 1.807) is 23.1 Å². The first kappa shape index (κ1) is 16.3. The Morgan fingerprint density at radius 1 is 1.52 bits per heavy atom. The Kier molecular flexibility index (Phi) is 5.29. The van der Waals surface area contributed by atoms with Crippen LogP contribution in [0.25, 0.3) is 4.96 Å². The Morgan fingerprint density at radius 3 is 2.95 bits per heavy atom. The summed E-state index contributed by atoms with van der Waals surface area (Å²) in [5.41, 5.74) is 1.20. The summed E-state index contributed by atoms with van der Waals surface area (Å²) in [6, 6.07) is 0. The van der Waals surface area contributed by atoms with E-state index < -0.39 is 0 Å². The third-order valence-electron chi connectivity index (χ3n) is 2.88. The van der Waals surface area contributed by atoms with Crippen LogP contribution in [0.2, 0.25) is 0 Å². The molecule has 2 heterocycles. The summed E-state index contributed by atoms with van der Waals surface area (Å²) >= 11 is 3.22. The summed E-state index contributed by atoms with van der Waals surface area (Å²) in [6.07, 6.45) is 2.44. The molecule has 21 heavy (non-hydrogen) atoms. The van der Waals surface area contributed by atoms with Crippen molar-refractivity contribution < 1.29 is 9.53 Å². The van der Waals surface area contributed by atoms with E-state index in [4.69, 9.17) is 0 Å². The van der Waals surface area contributed by atoms with E-state index in [2.05, 4.69) is 40.2 Å². The number of fused-ring (bicyclic) bond motifs is 1. The second-order valence-electron chi connectivity index (χ2n) is 5.70. The number of hydrogen-bond donors (Lipinski definition) is 1. The van der Waals surface area contributed by atoms with Crippen LogP contribution in [0.15, 0.2) is 16.6 Å². The highest BCUT2D eigenvalue weighted by Gasteiger charge is 2.17. The zero-order chi connectivity index (χ0) is 15.5. The predicted molar refractivity (Wildman–Crippen MR) is 87.0 cm³/mol. The Hall–Kier alpha value is -1.05. The number of thiazole rings is 1. The molecule has 0 bridgehead atoms. The smallest absolute Gasteiger partial charge is 0.306 e. The molecule has 0 amide bonds. The van der Waals surface area contributed by atoms with Crippen LogP contribution in [0.3, 0.4) is 0 Å². The maximum absolute atomic E-state index is 11.2. The van der Waals surface area contributed by atoms with Gasteiger partial charge in [0.25, 0.3) is 0 Å². The lowest BCUT2D eigenvalue weighted by molar-refractivity contribution is -0.140. The molecule has 0 atom stereocenters. The first-order valence-electron chi connectivity index (χ1n) is 6.80. The molecular weight excluding hydrogens is 306 g/mol. The van der Waals surface area contributed by atoms with Crippen LogP contribution in [-0.2, 0) is 16.1 Å². The highest BCUT2D eigenvalue weighted by Crippen LogP contribution is 2.26. The quantitative estimate of drug-likeness (QED) is 0.653. The number of imidazole rings is 1. The van der Waals surface area contributed by atoms with Crippen molar-refractivity contribution in [3.8, 4) is 0 Å². The number of rotatable bonds is 6. The van der Waals surface area contributed by atoms with E-state index in [-0.39, 0.29) is 11.5 Å². The number of esters is 1. The zero-order valence-electron chi connectivity index (χ0n) is 12.8. The fourth-order valence-corrected chi connectivity index (χ4v) is 3.51. The fourth-order valence-electron chi connectivity index (χ4n) is 1.77. The molecule has 0 spiro atoms. The number of carbonyl (C=O) groups excluding carboxylic acids is 1. The molecule has 2 aromatic heterocycles. The van der Waals surface area contributed by atoms with Gasteiger partial charge in [-0.25, -0.2) is 4.98 Å². The Labute approximate surface area is 133 Å². The molecule has 5 nitrogen and oxygen atoms in total. The number of hydrogen-bond acceptors (Lipinski definition) is 6. The van der Waals surface area contributed by atoms with Crippen molar-refractivity contribution in [2.24, 2.45) is 0 Å². The van der Waals surface area contributed by atoms with Gasteiger partial charge in [-0.2, -0.15) is 0 Å². The van der Waals surface area contributed by atoms with Crippen molar-refractivity contribution in [2.45, 2.75) is 44.3 Å². The van der Waals surface area contributed by atoms with Crippen LogP contribution < -0.4 is 5.32 Å². The van der Waals surface area contributed by atoms with E-state index in [0.717, 1.165) is 22.2 Å². The normalized spacial score (nSPS) is 12.0. The van der Waals surface area contributed by atoms with Crippen molar-refractivity contribution in [3.05, 3.63) is 17.3 Å². The van der Waals surface area contributed by atoms with Gasteiger partial charge < -0.3 is 10.1 Å². The van der Waals surface area contributed by atoms with Gasteiger partial charge in [-0.3, -0.25) is 9.20 Å². The van der Waals surface area contributed by atoms with E-state index in [1.165, 1.54) is 7.11 Å². The van der Waals surface area contributed by atoms with Crippen LogP contribution in [0.4, 0.5) is 0 Å². The molecule has 116 valence electrons. The number of carbonyl (C=O) groups is 1. The highest BCUT2D eigenvalue weighted by molar-refractivity contribution is 7.99. The summed E-state index contributed by atoms with van der Waals surface area (Å²) in [5, 5.41) is 6.52. The van der Waals surface area contributed by atoms with Gasteiger partial charge in [0.1, 0.15) is 5.03 Å². The lowest BCUT2D eigenvalue weighted by atomic mass is 10.1. The first-order valence-corrected chi connectivity index (χ1v) is 8.66. The number of aromatic nitrogens is 2. The average Bonchev–Trinajstić information content (AvgIpc) is 2.96. The van der Waals surface area contributed by atoms with E-state index >= 15 is 0 Å². The number of nitrogens with zero attached hydrogens (tertiary/aromatic N) is 2. The third kappa shape index (κ3) is 4.46. The van der Waals surface area contributed by atoms with Gasteiger partial charge in [-0.1, -0.05) is 0 Å². The Morgan fingerprint density at radius 2 is 2.29 bits per heavy atom. The van der Waals surface area contributed by atoms with Gasteiger partial charge >= 0.3 is 5.97 Å². The molecule has 0 unspecified atom stereocenters. The second-order valence-corrected chi connectivity index (χ2v) is 7.65. The summed E-state index contributed by atoms with van der Waals surface area (Å²) in [7, 11) is 1.41. The van der Waals surface area contributed by atoms with Gasteiger partial charge in [-0.15, -0.1) is 23.1 Å². The van der Waals surface area contributed by atoms with Gasteiger partial charge in [-0.05, 0) is 20.8 Å². The summed E-state index contributed by atoms with van der Waals surface area (Å²) in [6.45, 7) is 7.18. The molecule has 0 saturated carbocycles. The molecule has 2 rings (SSSR count). The van der Waals surface area contributed by atoms with Gasteiger partial charge in [0.05, 0.1) is 19.2 Å². The minimum Gasteiger partial charge on any atom is -0.469 e. The monoisotopic (exact) mass is 327 g/mol. The number of thioether (sulfide) groups is 1. The lowest BCUT2D eigenvalue weighted by Crippen LogP contribution is -2.35. The lowest BCUT2D eigenvalue weighted by Gasteiger charge is -2.20. The van der Waals surface area contributed by atoms with Crippen molar-refractivity contribution in [3.63, 3.8) is 0 Å². The average molecular weight is 327 g/mol. The van der Waals surface area contributed by atoms with Crippen LogP contribution >= 0.6 is 23.1 Å². The molecule has 1 N–H and O–H groups in total. The highest BCUT2D eigenvalue weighted by atomic mass is 32.2. The molecular formula is C14H21N3O2S2. The largest absolute Gasteiger partial charge is 0.469 e. The summed E-state index contributed by atoms with van der Waals surface area (Å²) in [4.78, 5) is 16.8. The molecule has 0 aliphatic heterocycles.